The third-order valence-corrected chi connectivity index (χ3v) is 5.36. The van der Waals surface area contributed by atoms with Crippen LogP contribution in [-0.4, -0.2) is 37.9 Å². The van der Waals surface area contributed by atoms with Crippen LogP contribution in [0, 0.1) is 6.92 Å². The first-order valence-corrected chi connectivity index (χ1v) is 8.76. The van der Waals surface area contributed by atoms with Crippen molar-refractivity contribution in [2.45, 2.75) is 31.9 Å². The summed E-state index contributed by atoms with van der Waals surface area (Å²) in [7, 11) is 0. The molecule has 1 saturated heterocycles. The lowest BCUT2D eigenvalue weighted by molar-refractivity contribution is -0.146. The Kier molecular flexibility index (Phi) is 3.86. The van der Waals surface area contributed by atoms with Gasteiger partial charge >= 0.3 is 6.18 Å². The van der Waals surface area contributed by atoms with Crippen LogP contribution in [0.15, 0.2) is 17.5 Å². The molecule has 10 heteroatoms. The molecule has 0 aromatic carbocycles. The van der Waals surface area contributed by atoms with Crippen molar-refractivity contribution in [3.8, 4) is 0 Å². The van der Waals surface area contributed by atoms with Crippen LogP contribution < -0.4 is 4.90 Å². The van der Waals surface area contributed by atoms with E-state index < -0.39 is 12.0 Å². The highest BCUT2D eigenvalue weighted by Crippen LogP contribution is 2.32. The number of nitrogens with zero attached hydrogens (tertiary/aromatic N) is 6. The number of halogens is 3. The van der Waals surface area contributed by atoms with Gasteiger partial charge in [0, 0.05) is 30.1 Å². The number of piperidine rings is 1. The highest BCUT2D eigenvalue weighted by molar-refractivity contribution is 7.09. The van der Waals surface area contributed by atoms with E-state index in [-0.39, 0.29) is 11.6 Å². The molecule has 0 amide bonds. The van der Waals surface area contributed by atoms with Crippen LogP contribution in [-0.2, 0) is 6.18 Å². The van der Waals surface area contributed by atoms with Crippen LogP contribution in [0.1, 0.15) is 35.3 Å². The molecule has 0 spiro atoms. The van der Waals surface area contributed by atoms with Crippen molar-refractivity contribution < 1.29 is 13.2 Å². The number of rotatable bonds is 2. The quantitative estimate of drug-likeness (QED) is 0.695. The molecule has 3 aromatic heterocycles. The predicted octanol–water partition coefficient (Wildman–Crippen LogP) is 3.29. The lowest BCUT2D eigenvalue weighted by atomic mass is 9.99. The number of thiazole rings is 1. The third kappa shape index (κ3) is 3.06. The van der Waals surface area contributed by atoms with Gasteiger partial charge in [-0.15, -0.1) is 26.6 Å². The Balaban J connectivity index is 1.64. The summed E-state index contributed by atoms with van der Waals surface area (Å²) >= 11 is 1.63. The molecule has 6 nitrogen and oxygen atoms in total. The van der Waals surface area contributed by atoms with E-state index in [9.17, 15) is 13.2 Å². The fraction of sp³-hybridized carbons (Fsp3) is 0.467. The smallest absolute Gasteiger partial charge is 0.354 e. The maximum Gasteiger partial charge on any atom is 0.453 e. The average molecular weight is 368 g/mol. The molecule has 0 bridgehead atoms. The second-order valence-electron chi connectivity index (χ2n) is 6.10. The van der Waals surface area contributed by atoms with Gasteiger partial charge in [-0.1, -0.05) is 0 Å². The molecule has 0 N–H and O–H groups in total. The lowest BCUT2D eigenvalue weighted by Crippen LogP contribution is -2.35. The molecule has 0 aliphatic carbocycles. The fourth-order valence-electron chi connectivity index (χ4n) is 3.07. The molecule has 25 heavy (non-hydrogen) atoms. The monoisotopic (exact) mass is 368 g/mol. The van der Waals surface area contributed by atoms with Gasteiger partial charge in [0.2, 0.25) is 0 Å². The van der Waals surface area contributed by atoms with E-state index in [1.54, 1.807) is 17.4 Å². The molecule has 0 radical (unpaired) electrons. The van der Waals surface area contributed by atoms with Crippen LogP contribution in [0.2, 0.25) is 0 Å². The first kappa shape index (κ1) is 16.2. The summed E-state index contributed by atoms with van der Waals surface area (Å²) in [6, 6.07) is 3.21. The predicted molar refractivity (Wildman–Crippen MR) is 86.8 cm³/mol. The summed E-state index contributed by atoms with van der Waals surface area (Å²) in [6.45, 7) is 3.40. The van der Waals surface area contributed by atoms with Crippen molar-refractivity contribution in [1.82, 2.24) is 24.8 Å². The standard InChI is InChI=1S/C15H15F3N6S/c1-9-8-25-13(19-9)10-3-2-6-23(7-10)12-5-4-11-20-21-14(15(16,17)18)24(11)22-12/h4-5,8,10H,2-3,6-7H2,1H3. The summed E-state index contributed by atoms with van der Waals surface area (Å²) in [6.07, 6.45) is -2.63. The molecular weight excluding hydrogens is 353 g/mol. The van der Waals surface area contributed by atoms with Gasteiger partial charge < -0.3 is 4.90 Å². The summed E-state index contributed by atoms with van der Waals surface area (Å²) in [5.74, 6) is -0.336. The van der Waals surface area contributed by atoms with Crippen molar-refractivity contribution in [2.24, 2.45) is 0 Å². The van der Waals surface area contributed by atoms with Gasteiger partial charge in [0.05, 0.1) is 5.01 Å². The zero-order chi connectivity index (χ0) is 17.6. The minimum absolute atomic E-state index is 0.0835. The number of alkyl halides is 3. The van der Waals surface area contributed by atoms with Crippen molar-refractivity contribution in [3.63, 3.8) is 0 Å². The molecule has 4 heterocycles. The Morgan fingerprint density at radius 3 is 2.80 bits per heavy atom. The molecule has 4 rings (SSSR count). The van der Waals surface area contributed by atoms with Crippen molar-refractivity contribution in [2.75, 3.05) is 18.0 Å². The normalized spacial score (nSPS) is 18.9. The third-order valence-electron chi connectivity index (χ3n) is 4.23. The summed E-state index contributed by atoms with van der Waals surface area (Å²) in [4.78, 5) is 6.55. The van der Waals surface area contributed by atoms with Crippen molar-refractivity contribution in [1.29, 1.82) is 0 Å². The van der Waals surface area contributed by atoms with Gasteiger partial charge in [-0.25, -0.2) is 4.98 Å². The van der Waals surface area contributed by atoms with Crippen LogP contribution in [0.4, 0.5) is 19.0 Å². The lowest BCUT2D eigenvalue weighted by Gasteiger charge is -2.32. The van der Waals surface area contributed by atoms with Crippen molar-refractivity contribution >= 4 is 22.8 Å². The molecule has 1 fully saturated rings. The minimum atomic E-state index is -4.59. The molecule has 1 unspecified atom stereocenters. The molecule has 1 aliphatic heterocycles. The van der Waals surface area contributed by atoms with E-state index in [2.05, 4.69) is 20.3 Å². The second kappa shape index (κ2) is 5.94. The first-order valence-electron chi connectivity index (χ1n) is 7.88. The van der Waals surface area contributed by atoms with E-state index >= 15 is 0 Å². The Labute approximate surface area is 145 Å². The Morgan fingerprint density at radius 1 is 1.24 bits per heavy atom. The molecule has 3 aromatic rings. The zero-order valence-electron chi connectivity index (χ0n) is 13.4. The van der Waals surface area contributed by atoms with Gasteiger partial charge in [-0.2, -0.15) is 17.7 Å². The zero-order valence-corrected chi connectivity index (χ0v) is 14.2. The Morgan fingerprint density at radius 2 is 2.08 bits per heavy atom. The number of aromatic nitrogens is 5. The molecule has 132 valence electrons. The van der Waals surface area contributed by atoms with Gasteiger partial charge in [-0.3, -0.25) is 0 Å². The maximum absolute atomic E-state index is 13.0. The van der Waals surface area contributed by atoms with Crippen LogP contribution in [0.25, 0.3) is 5.65 Å². The van der Waals surface area contributed by atoms with Crippen molar-refractivity contribution in [3.05, 3.63) is 34.0 Å². The van der Waals surface area contributed by atoms with E-state index in [1.807, 2.05) is 17.2 Å². The maximum atomic E-state index is 13.0. The summed E-state index contributed by atoms with van der Waals surface area (Å²) in [5.41, 5.74) is 1.08. The number of aryl methyl sites for hydroxylation is 1. The Bertz CT molecular complexity index is 902. The average Bonchev–Trinajstić information content (AvgIpc) is 3.20. The van der Waals surface area contributed by atoms with Gasteiger partial charge in [-0.05, 0) is 31.9 Å². The van der Waals surface area contributed by atoms with Gasteiger partial charge in [0.1, 0.15) is 5.82 Å². The highest BCUT2D eigenvalue weighted by Gasteiger charge is 2.38. The fourth-order valence-corrected chi connectivity index (χ4v) is 4.00. The highest BCUT2D eigenvalue weighted by atomic mass is 32.1. The Hall–Kier alpha value is -2.23. The van der Waals surface area contributed by atoms with E-state index in [0.29, 0.717) is 12.4 Å². The van der Waals surface area contributed by atoms with E-state index in [0.717, 1.165) is 34.6 Å². The van der Waals surface area contributed by atoms with Crippen LogP contribution >= 0.6 is 11.3 Å². The topological polar surface area (TPSA) is 59.2 Å². The van der Waals surface area contributed by atoms with E-state index in [1.165, 1.54) is 6.07 Å². The largest absolute Gasteiger partial charge is 0.453 e. The second-order valence-corrected chi connectivity index (χ2v) is 6.98. The number of anilines is 1. The van der Waals surface area contributed by atoms with Gasteiger partial charge in [0.25, 0.3) is 5.82 Å². The summed E-state index contributed by atoms with van der Waals surface area (Å²) < 4.78 is 39.9. The molecule has 1 atom stereocenters. The van der Waals surface area contributed by atoms with Gasteiger partial charge in [0.15, 0.2) is 5.65 Å². The molecule has 0 saturated carbocycles. The summed E-state index contributed by atoms with van der Waals surface area (Å²) in [5, 5.41) is 14.0. The first-order chi connectivity index (χ1) is 11.9. The van der Waals surface area contributed by atoms with Crippen LogP contribution in [0.3, 0.4) is 0 Å². The van der Waals surface area contributed by atoms with E-state index in [4.69, 9.17) is 0 Å². The minimum Gasteiger partial charge on any atom is -0.354 e. The molecule has 1 aliphatic rings. The number of hydrogen-bond acceptors (Lipinski definition) is 6. The van der Waals surface area contributed by atoms with Crippen LogP contribution in [0.5, 0.6) is 0 Å². The SMILES string of the molecule is Cc1csc(C2CCCN(c3ccc4nnc(C(F)(F)F)n4n3)C2)n1. The number of fused-ring (bicyclic) bond motifs is 1. The number of hydrogen-bond donors (Lipinski definition) is 0. The molecular formula is C15H15F3N6S.